The van der Waals surface area contributed by atoms with Gasteiger partial charge in [0.1, 0.15) is 23.2 Å². The number of aryl methyl sites for hydroxylation is 1. The Morgan fingerprint density at radius 1 is 1.08 bits per heavy atom. The van der Waals surface area contributed by atoms with Gasteiger partial charge in [0.05, 0.1) is 6.61 Å². The molecule has 2 aliphatic rings. The van der Waals surface area contributed by atoms with Gasteiger partial charge in [0.15, 0.2) is 0 Å². The molecule has 1 aliphatic carbocycles. The van der Waals surface area contributed by atoms with E-state index < -0.39 is 5.60 Å². The van der Waals surface area contributed by atoms with E-state index in [0.717, 1.165) is 91.3 Å². The standard InChI is InChI=1S/C32H35I2NO3/c1-2-3-10-30-31(27-9-5-6-11-29(27)38-30)32(37-17-16-35-14-7-4-8-15-35)13-12-23(22-36)28(21-32)24-18-25(33)20-26(34)19-24/h5-6,9,11-13,18-20,22H,2-4,7-8,10,14-17,21H2,1H3. The summed E-state index contributed by atoms with van der Waals surface area (Å²) in [5, 5.41) is 1.10. The molecule has 0 N–H and O–H groups in total. The minimum absolute atomic E-state index is 0.594. The second-order valence-electron chi connectivity index (χ2n) is 10.4. The fourth-order valence-corrected chi connectivity index (χ4v) is 7.75. The zero-order chi connectivity index (χ0) is 26.5. The number of hydrogen-bond donors (Lipinski definition) is 0. The first-order valence-corrected chi connectivity index (χ1v) is 15.9. The van der Waals surface area contributed by atoms with Gasteiger partial charge >= 0.3 is 0 Å². The Hall–Kier alpha value is -1.49. The number of rotatable bonds is 10. The third kappa shape index (κ3) is 6.13. The highest BCUT2D eigenvalue weighted by molar-refractivity contribution is 14.1. The van der Waals surface area contributed by atoms with Crippen molar-refractivity contribution >= 4 is 68.0 Å². The van der Waals surface area contributed by atoms with Gasteiger partial charge in [-0.3, -0.25) is 4.79 Å². The van der Waals surface area contributed by atoms with Gasteiger partial charge in [-0.1, -0.05) is 44.0 Å². The minimum atomic E-state index is -0.708. The van der Waals surface area contributed by atoms with Crippen LogP contribution in [0.15, 0.2) is 64.6 Å². The molecular formula is C32H35I2NO3. The monoisotopic (exact) mass is 735 g/mol. The molecule has 200 valence electrons. The molecule has 1 saturated heterocycles. The van der Waals surface area contributed by atoms with Gasteiger partial charge in [-0.2, -0.15) is 0 Å². The predicted molar refractivity (Wildman–Crippen MR) is 171 cm³/mol. The molecule has 5 rings (SSSR count). The maximum absolute atomic E-state index is 12.3. The molecule has 0 amide bonds. The molecule has 1 unspecified atom stereocenters. The van der Waals surface area contributed by atoms with Crippen LogP contribution in [0.2, 0.25) is 0 Å². The largest absolute Gasteiger partial charge is 0.461 e. The van der Waals surface area contributed by atoms with Gasteiger partial charge in [0, 0.05) is 43.0 Å². The average Bonchev–Trinajstić information content (AvgIpc) is 3.31. The third-order valence-corrected chi connectivity index (χ3v) is 8.97. The van der Waals surface area contributed by atoms with E-state index in [2.05, 4.69) is 99.5 Å². The van der Waals surface area contributed by atoms with Crippen LogP contribution in [0.25, 0.3) is 16.5 Å². The molecule has 6 heteroatoms. The molecule has 0 bridgehead atoms. The Kier molecular flexibility index (Phi) is 9.44. The number of halogens is 2. The van der Waals surface area contributed by atoms with Crippen molar-refractivity contribution in [3.05, 3.63) is 84.2 Å². The van der Waals surface area contributed by atoms with Crippen LogP contribution in [0.1, 0.15) is 62.3 Å². The number of nitrogens with zero attached hydrogens (tertiary/aromatic N) is 1. The van der Waals surface area contributed by atoms with Crippen molar-refractivity contribution in [2.24, 2.45) is 0 Å². The fourth-order valence-electron chi connectivity index (χ4n) is 5.81. The Bertz CT molecular complexity index is 1330. The lowest BCUT2D eigenvalue weighted by Gasteiger charge is -2.37. The van der Waals surface area contributed by atoms with Crippen LogP contribution in [0.4, 0.5) is 0 Å². The molecule has 0 saturated carbocycles. The number of likely N-dealkylation sites (tertiary alicyclic amines) is 1. The number of benzene rings is 2. The number of hydrogen-bond acceptors (Lipinski definition) is 4. The lowest BCUT2D eigenvalue weighted by molar-refractivity contribution is -0.104. The summed E-state index contributed by atoms with van der Waals surface area (Å²) in [5.74, 6) is 1.00. The van der Waals surface area contributed by atoms with E-state index >= 15 is 0 Å². The second kappa shape index (κ2) is 12.8. The van der Waals surface area contributed by atoms with E-state index in [1.165, 1.54) is 19.3 Å². The summed E-state index contributed by atoms with van der Waals surface area (Å²) in [6.45, 7) is 6.04. The van der Waals surface area contributed by atoms with Gasteiger partial charge in [-0.05, 0) is 119 Å². The van der Waals surface area contributed by atoms with Crippen LogP contribution >= 0.6 is 45.2 Å². The maximum Gasteiger partial charge on any atom is 0.150 e. The zero-order valence-electron chi connectivity index (χ0n) is 22.0. The summed E-state index contributed by atoms with van der Waals surface area (Å²) >= 11 is 4.72. The number of aldehydes is 1. The lowest BCUT2D eigenvalue weighted by atomic mass is 9.77. The summed E-state index contributed by atoms with van der Waals surface area (Å²) in [6.07, 6.45) is 12.5. The Morgan fingerprint density at radius 3 is 2.58 bits per heavy atom. The summed E-state index contributed by atoms with van der Waals surface area (Å²) in [5.41, 5.74) is 4.15. The highest BCUT2D eigenvalue weighted by atomic mass is 127. The number of furan rings is 1. The average molecular weight is 735 g/mol. The third-order valence-electron chi connectivity index (χ3n) is 7.72. The molecule has 1 atom stereocenters. The number of fused-ring (bicyclic) bond motifs is 1. The number of carbonyl (C=O) groups is 1. The van der Waals surface area contributed by atoms with Crippen molar-refractivity contribution in [2.45, 2.75) is 57.5 Å². The van der Waals surface area contributed by atoms with E-state index in [1.807, 2.05) is 12.1 Å². The summed E-state index contributed by atoms with van der Waals surface area (Å²) < 4.78 is 15.8. The van der Waals surface area contributed by atoms with Crippen LogP contribution in [0, 0.1) is 7.14 Å². The topological polar surface area (TPSA) is 42.7 Å². The summed E-state index contributed by atoms with van der Waals surface area (Å²) in [4.78, 5) is 14.8. The SMILES string of the molecule is CCCCc1oc2ccccc2c1C1(OCCN2CCCCC2)C=CC(C=O)=C(c2cc(I)cc(I)c2)C1. The maximum atomic E-state index is 12.3. The van der Waals surface area contributed by atoms with E-state index in [9.17, 15) is 4.79 Å². The quantitative estimate of drug-likeness (QED) is 0.155. The van der Waals surface area contributed by atoms with Crippen LogP contribution in [0.5, 0.6) is 0 Å². The van der Waals surface area contributed by atoms with Gasteiger partial charge in [-0.15, -0.1) is 0 Å². The first kappa shape index (κ1) is 28.1. The smallest absolute Gasteiger partial charge is 0.150 e. The van der Waals surface area contributed by atoms with Gasteiger partial charge in [0.2, 0.25) is 0 Å². The van der Waals surface area contributed by atoms with Crippen LogP contribution in [-0.4, -0.2) is 37.4 Å². The molecule has 38 heavy (non-hydrogen) atoms. The molecule has 2 aromatic carbocycles. The van der Waals surface area contributed by atoms with Crippen molar-refractivity contribution in [1.82, 2.24) is 4.90 Å². The molecule has 0 radical (unpaired) electrons. The number of ether oxygens (including phenoxy) is 1. The Balaban J connectivity index is 1.60. The first-order chi connectivity index (χ1) is 18.5. The van der Waals surface area contributed by atoms with Crippen LogP contribution < -0.4 is 0 Å². The van der Waals surface area contributed by atoms with E-state index in [4.69, 9.17) is 9.15 Å². The van der Waals surface area contributed by atoms with Crippen LogP contribution in [-0.2, 0) is 21.6 Å². The van der Waals surface area contributed by atoms with Gasteiger partial charge in [0.25, 0.3) is 0 Å². The first-order valence-electron chi connectivity index (χ1n) is 13.7. The van der Waals surface area contributed by atoms with E-state index in [0.29, 0.717) is 13.0 Å². The van der Waals surface area contributed by atoms with Crippen molar-refractivity contribution in [2.75, 3.05) is 26.2 Å². The number of para-hydroxylation sites is 1. The van der Waals surface area contributed by atoms with Crippen molar-refractivity contribution in [1.29, 1.82) is 0 Å². The number of piperidine rings is 1. The van der Waals surface area contributed by atoms with Crippen LogP contribution in [0.3, 0.4) is 0 Å². The zero-order valence-corrected chi connectivity index (χ0v) is 26.3. The molecule has 3 aromatic rings. The molecule has 1 aromatic heterocycles. The number of allylic oxidation sites excluding steroid dienone is 2. The van der Waals surface area contributed by atoms with Crippen molar-refractivity contribution in [3.8, 4) is 0 Å². The normalized spacial score (nSPS) is 20.4. The fraction of sp³-hybridized carbons (Fsp3) is 0.406. The second-order valence-corrected chi connectivity index (χ2v) is 12.9. The summed E-state index contributed by atoms with van der Waals surface area (Å²) in [7, 11) is 0. The van der Waals surface area contributed by atoms with E-state index in [-0.39, 0.29) is 0 Å². The Labute approximate surface area is 253 Å². The summed E-state index contributed by atoms with van der Waals surface area (Å²) in [6, 6.07) is 14.8. The van der Waals surface area contributed by atoms with Crippen molar-refractivity contribution < 1.29 is 13.9 Å². The van der Waals surface area contributed by atoms with Gasteiger partial charge in [-0.25, -0.2) is 0 Å². The van der Waals surface area contributed by atoms with Crippen molar-refractivity contribution in [3.63, 3.8) is 0 Å². The Morgan fingerprint density at radius 2 is 1.84 bits per heavy atom. The highest BCUT2D eigenvalue weighted by Gasteiger charge is 2.40. The molecule has 4 nitrogen and oxygen atoms in total. The van der Waals surface area contributed by atoms with E-state index in [1.54, 1.807) is 0 Å². The highest BCUT2D eigenvalue weighted by Crippen LogP contribution is 2.47. The molecule has 1 fully saturated rings. The minimum Gasteiger partial charge on any atom is -0.461 e. The number of unbranched alkanes of at least 4 members (excludes halogenated alkanes) is 1. The molecule has 1 aliphatic heterocycles. The molecular weight excluding hydrogens is 700 g/mol. The molecule has 0 spiro atoms. The lowest BCUT2D eigenvalue weighted by Crippen LogP contribution is -2.37. The molecule has 2 heterocycles. The predicted octanol–water partition coefficient (Wildman–Crippen LogP) is 8.30. The number of carbonyl (C=O) groups excluding carboxylic acids is 1. The van der Waals surface area contributed by atoms with Gasteiger partial charge < -0.3 is 14.1 Å².